The lowest BCUT2D eigenvalue weighted by molar-refractivity contribution is -0.137. The molecule has 5 heteroatoms. The Hall–Kier alpha value is -1.88. The molecule has 1 aromatic carbocycles. The molecular weight excluding hydrogens is 291 g/mol. The van der Waals surface area contributed by atoms with Gasteiger partial charge in [-0.3, -0.25) is 4.98 Å². The number of rotatable bonds is 2. The van der Waals surface area contributed by atoms with Gasteiger partial charge in [0.15, 0.2) is 0 Å². The first kappa shape index (κ1) is 15.0. The van der Waals surface area contributed by atoms with Crippen LogP contribution < -0.4 is 0 Å². The molecule has 2 atom stereocenters. The van der Waals surface area contributed by atoms with Gasteiger partial charge in [-0.05, 0) is 55.0 Å². The van der Waals surface area contributed by atoms with Crippen LogP contribution in [0.2, 0.25) is 0 Å². The van der Waals surface area contributed by atoms with Crippen LogP contribution >= 0.6 is 0 Å². The third-order valence-electron chi connectivity index (χ3n) is 4.34. The Labute approximate surface area is 126 Å². The Balaban J connectivity index is 1.78. The van der Waals surface area contributed by atoms with Crippen LogP contribution in [0.1, 0.15) is 42.0 Å². The molecule has 0 spiro atoms. The summed E-state index contributed by atoms with van der Waals surface area (Å²) >= 11 is 0. The minimum Gasteiger partial charge on any atom is -0.384 e. The van der Waals surface area contributed by atoms with Crippen molar-refractivity contribution in [2.24, 2.45) is 0 Å². The molecule has 1 aliphatic rings. The van der Waals surface area contributed by atoms with Crippen LogP contribution in [0.25, 0.3) is 0 Å². The highest BCUT2D eigenvalue weighted by molar-refractivity contribution is 5.29. The van der Waals surface area contributed by atoms with Crippen LogP contribution in [0.4, 0.5) is 13.2 Å². The lowest BCUT2D eigenvalue weighted by Crippen LogP contribution is -2.22. The summed E-state index contributed by atoms with van der Waals surface area (Å²) in [6.07, 6.45) is -0.898. The van der Waals surface area contributed by atoms with E-state index in [0.717, 1.165) is 24.1 Å². The van der Waals surface area contributed by atoms with Crippen molar-refractivity contribution in [3.05, 3.63) is 65.5 Å². The van der Waals surface area contributed by atoms with Gasteiger partial charge in [-0.25, -0.2) is 0 Å². The average Bonchev–Trinajstić information content (AvgIpc) is 2.91. The zero-order valence-electron chi connectivity index (χ0n) is 11.8. The second-order valence-corrected chi connectivity index (χ2v) is 5.81. The fourth-order valence-corrected chi connectivity index (χ4v) is 3.12. The molecule has 116 valence electrons. The maximum Gasteiger partial charge on any atom is 0.416 e. The van der Waals surface area contributed by atoms with Crippen molar-refractivity contribution in [3.63, 3.8) is 0 Å². The van der Waals surface area contributed by atoms with Gasteiger partial charge < -0.3 is 5.11 Å². The normalized spacial score (nSPS) is 25.4. The first-order chi connectivity index (χ1) is 10.4. The monoisotopic (exact) mass is 307 g/mol. The van der Waals surface area contributed by atoms with Crippen molar-refractivity contribution < 1.29 is 18.3 Å². The Bertz CT molecular complexity index is 639. The molecule has 1 N–H and O–H groups in total. The molecule has 0 aliphatic heterocycles. The smallest absolute Gasteiger partial charge is 0.384 e. The maximum absolute atomic E-state index is 12.6. The number of benzene rings is 1. The summed E-state index contributed by atoms with van der Waals surface area (Å²) < 4.78 is 37.8. The van der Waals surface area contributed by atoms with Crippen molar-refractivity contribution in [1.82, 2.24) is 4.98 Å². The Morgan fingerprint density at radius 3 is 2.41 bits per heavy atom. The van der Waals surface area contributed by atoms with E-state index in [1.54, 1.807) is 18.3 Å². The number of nitrogens with zero attached hydrogens (tertiary/aromatic N) is 1. The Morgan fingerprint density at radius 1 is 1.09 bits per heavy atom. The molecule has 1 saturated carbocycles. The highest BCUT2D eigenvalue weighted by Crippen LogP contribution is 2.46. The van der Waals surface area contributed by atoms with E-state index in [1.165, 1.54) is 12.1 Å². The van der Waals surface area contributed by atoms with Crippen molar-refractivity contribution >= 4 is 0 Å². The predicted molar refractivity (Wildman–Crippen MR) is 76.2 cm³/mol. The summed E-state index contributed by atoms with van der Waals surface area (Å²) in [6.45, 7) is 0. The van der Waals surface area contributed by atoms with Crippen LogP contribution in [-0.4, -0.2) is 10.1 Å². The average molecular weight is 307 g/mol. The molecule has 22 heavy (non-hydrogen) atoms. The highest BCUT2D eigenvalue weighted by atomic mass is 19.4. The van der Waals surface area contributed by atoms with Crippen LogP contribution in [0.15, 0.2) is 48.7 Å². The quantitative estimate of drug-likeness (QED) is 0.899. The van der Waals surface area contributed by atoms with E-state index < -0.39 is 17.3 Å². The lowest BCUT2D eigenvalue weighted by Gasteiger charge is -2.22. The van der Waals surface area contributed by atoms with E-state index in [0.29, 0.717) is 18.5 Å². The van der Waals surface area contributed by atoms with Gasteiger partial charge in [0, 0.05) is 6.20 Å². The van der Waals surface area contributed by atoms with Gasteiger partial charge in [-0.2, -0.15) is 13.2 Å². The molecule has 0 bridgehead atoms. The summed E-state index contributed by atoms with van der Waals surface area (Å²) in [5.74, 6) is 0.0503. The number of halogens is 3. The van der Waals surface area contributed by atoms with Crippen LogP contribution in [0.3, 0.4) is 0 Å². The van der Waals surface area contributed by atoms with Gasteiger partial charge in [0.25, 0.3) is 0 Å². The van der Waals surface area contributed by atoms with E-state index >= 15 is 0 Å². The Kier molecular flexibility index (Phi) is 3.68. The second-order valence-electron chi connectivity index (χ2n) is 5.81. The van der Waals surface area contributed by atoms with Gasteiger partial charge >= 0.3 is 6.18 Å². The first-order valence-corrected chi connectivity index (χ1v) is 7.19. The number of hydrogen-bond donors (Lipinski definition) is 1. The van der Waals surface area contributed by atoms with Crippen molar-refractivity contribution in [2.45, 2.75) is 37.0 Å². The molecule has 0 saturated heterocycles. The molecule has 1 fully saturated rings. The summed E-state index contributed by atoms with van der Waals surface area (Å²) in [5.41, 5.74) is -0.173. The van der Waals surface area contributed by atoms with Gasteiger partial charge in [0.2, 0.25) is 0 Å². The van der Waals surface area contributed by atoms with E-state index in [9.17, 15) is 18.3 Å². The fraction of sp³-hybridized carbons (Fsp3) is 0.353. The van der Waals surface area contributed by atoms with Crippen LogP contribution in [0, 0.1) is 0 Å². The first-order valence-electron chi connectivity index (χ1n) is 7.19. The summed E-state index contributed by atoms with van der Waals surface area (Å²) in [5, 5.41) is 10.7. The van der Waals surface area contributed by atoms with E-state index in [4.69, 9.17) is 0 Å². The third kappa shape index (κ3) is 2.86. The summed E-state index contributed by atoms with van der Waals surface area (Å²) in [6, 6.07) is 10.6. The fourth-order valence-electron chi connectivity index (χ4n) is 3.12. The molecule has 1 aromatic heterocycles. The lowest BCUT2D eigenvalue weighted by atomic mass is 9.92. The summed E-state index contributed by atoms with van der Waals surface area (Å²) in [7, 11) is 0. The third-order valence-corrected chi connectivity index (χ3v) is 4.34. The molecular formula is C17H16F3NO. The van der Waals surface area contributed by atoms with Crippen molar-refractivity contribution in [3.8, 4) is 0 Å². The highest BCUT2D eigenvalue weighted by Gasteiger charge is 2.40. The van der Waals surface area contributed by atoms with Crippen LogP contribution in [0.5, 0.6) is 0 Å². The number of aromatic nitrogens is 1. The minimum absolute atomic E-state index is 0.0503. The van der Waals surface area contributed by atoms with Crippen molar-refractivity contribution in [2.75, 3.05) is 0 Å². The number of hydrogen-bond acceptors (Lipinski definition) is 2. The number of pyridine rings is 1. The standard InChI is InChI=1S/C17H16F3NO/c18-17(19,20)14-6-4-12(5-7-14)13-8-9-16(22,11-13)15-3-1-2-10-21-15/h1-7,10,13,22H,8-9,11H2/t13-,16-/m0/s1. The van der Waals surface area contributed by atoms with Gasteiger partial charge in [0.1, 0.15) is 5.60 Å². The molecule has 2 nitrogen and oxygen atoms in total. The Morgan fingerprint density at radius 2 is 1.82 bits per heavy atom. The van der Waals surface area contributed by atoms with Gasteiger partial charge in [-0.1, -0.05) is 18.2 Å². The molecule has 0 unspecified atom stereocenters. The van der Waals surface area contributed by atoms with E-state index in [2.05, 4.69) is 4.98 Å². The van der Waals surface area contributed by atoms with E-state index in [1.807, 2.05) is 6.07 Å². The molecule has 0 amide bonds. The predicted octanol–water partition coefficient (Wildman–Crippen LogP) is 4.26. The minimum atomic E-state index is -4.32. The molecule has 3 rings (SSSR count). The number of aliphatic hydroxyl groups is 1. The largest absolute Gasteiger partial charge is 0.416 e. The molecule has 1 heterocycles. The zero-order chi connectivity index (χ0) is 15.8. The molecule has 1 aliphatic carbocycles. The topological polar surface area (TPSA) is 33.1 Å². The maximum atomic E-state index is 12.6. The molecule has 2 aromatic rings. The summed E-state index contributed by atoms with van der Waals surface area (Å²) in [4.78, 5) is 4.21. The van der Waals surface area contributed by atoms with Crippen molar-refractivity contribution in [1.29, 1.82) is 0 Å². The SMILES string of the molecule is O[C@@]1(c2ccccn2)CC[C@H](c2ccc(C(F)(F)F)cc2)C1. The van der Waals surface area contributed by atoms with Crippen LogP contribution in [-0.2, 0) is 11.8 Å². The van der Waals surface area contributed by atoms with Gasteiger partial charge in [0.05, 0.1) is 11.3 Å². The second kappa shape index (κ2) is 5.39. The van der Waals surface area contributed by atoms with Gasteiger partial charge in [-0.15, -0.1) is 0 Å². The van der Waals surface area contributed by atoms with E-state index in [-0.39, 0.29) is 5.92 Å². The zero-order valence-corrected chi connectivity index (χ0v) is 11.8. The number of alkyl halides is 3. The molecule has 0 radical (unpaired) electrons.